The number of nitrogens with zero attached hydrogens (tertiary/aromatic N) is 4. The maximum atomic E-state index is 13.2. The lowest BCUT2D eigenvalue weighted by Gasteiger charge is -2.36. The van der Waals surface area contributed by atoms with E-state index >= 15 is 0 Å². The molecule has 1 heterocycles. The molecule has 0 bridgehead atoms. The molecule has 1 aromatic rings. The molecule has 0 spiro atoms. The Bertz CT molecular complexity index is 947. The van der Waals surface area contributed by atoms with Crippen LogP contribution in [-0.4, -0.2) is 102 Å². The predicted molar refractivity (Wildman–Crippen MR) is 157 cm³/mol. The lowest BCUT2D eigenvalue weighted by atomic mass is 10.2. The Labute approximate surface area is 240 Å². The summed E-state index contributed by atoms with van der Waals surface area (Å²) in [5.74, 6) is 0. The zero-order chi connectivity index (χ0) is 30.3. The zero-order valence-electron chi connectivity index (χ0n) is 26.2. The van der Waals surface area contributed by atoms with Crippen molar-refractivity contribution in [1.29, 1.82) is 0 Å². The van der Waals surface area contributed by atoms with E-state index in [2.05, 4.69) is 4.90 Å². The van der Waals surface area contributed by atoms with Crippen LogP contribution in [0.2, 0.25) is 0 Å². The molecule has 0 N–H and O–H groups in total. The smallest absolute Gasteiger partial charge is 0.410 e. The average molecular weight is 563 g/mol. The van der Waals surface area contributed by atoms with Crippen molar-refractivity contribution in [3.8, 4) is 0 Å². The van der Waals surface area contributed by atoms with Gasteiger partial charge in [0.05, 0.1) is 0 Å². The average Bonchev–Trinajstić information content (AvgIpc) is 2.76. The van der Waals surface area contributed by atoms with Crippen LogP contribution in [0.3, 0.4) is 0 Å². The Morgan fingerprint density at radius 2 is 0.800 bits per heavy atom. The van der Waals surface area contributed by atoms with Gasteiger partial charge in [-0.2, -0.15) is 0 Å². The zero-order valence-corrected chi connectivity index (χ0v) is 26.2. The molecule has 0 radical (unpaired) electrons. The molecule has 10 heteroatoms. The fourth-order valence-electron chi connectivity index (χ4n) is 3.95. The van der Waals surface area contributed by atoms with Crippen molar-refractivity contribution >= 4 is 24.0 Å². The second-order valence-electron chi connectivity index (χ2n) is 13.2. The molecule has 2 rings (SSSR count). The molecule has 1 fully saturated rings. The Hall–Kier alpha value is -3.17. The van der Waals surface area contributed by atoms with Crippen LogP contribution in [-0.2, 0) is 14.2 Å². The van der Waals surface area contributed by atoms with E-state index in [0.717, 1.165) is 11.3 Å². The van der Waals surface area contributed by atoms with Crippen molar-refractivity contribution < 1.29 is 28.6 Å². The third-order valence-electron chi connectivity index (χ3n) is 5.91. The normalized spacial score (nSPS) is 16.6. The van der Waals surface area contributed by atoms with Gasteiger partial charge < -0.3 is 33.8 Å². The number of amides is 3. The molecule has 0 atom stereocenters. The van der Waals surface area contributed by atoms with E-state index in [9.17, 15) is 14.4 Å². The summed E-state index contributed by atoms with van der Waals surface area (Å²) in [5.41, 5.74) is 0.134. The van der Waals surface area contributed by atoms with Crippen LogP contribution in [0.1, 0.15) is 67.9 Å². The summed E-state index contributed by atoms with van der Waals surface area (Å²) in [6, 6.07) is 8.17. The number of benzene rings is 1. The first kappa shape index (κ1) is 33.0. The molecule has 226 valence electrons. The number of carbonyl (C=O) groups excluding carboxylic acids is 3. The quantitative estimate of drug-likeness (QED) is 0.416. The lowest BCUT2D eigenvalue weighted by Crippen LogP contribution is -2.51. The first-order valence-electron chi connectivity index (χ1n) is 14.1. The van der Waals surface area contributed by atoms with E-state index in [1.165, 1.54) is 0 Å². The van der Waals surface area contributed by atoms with Crippen LogP contribution in [0.5, 0.6) is 0 Å². The Balaban J connectivity index is 2.39. The van der Waals surface area contributed by atoms with E-state index in [-0.39, 0.29) is 26.2 Å². The minimum atomic E-state index is -0.689. The number of aryl methyl sites for hydroxylation is 1. The van der Waals surface area contributed by atoms with E-state index in [1.54, 1.807) is 35.5 Å². The topological polar surface area (TPSA) is 91.9 Å². The minimum Gasteiger partial charge on any atom is -0.444 e. The van der Waals surface area contributed by atoms with Crippen molar-refractivity contribution in [1.82, 2.24) is 14.7 Å². The number of hydrogen-bond donors (Lipinski definition) is 0. The number of anilines is 1. The fourth-order valence-corrected chi connectivity index (χ4v) is 3.95. The van der Waals surface area contributed by atoms with Crippen molar-refractivity contribution in [2.75, 3.05) is 57.3 Å². The maximum absolute atomic E-state index is 13.2. The molecule has 0 unspecified atom stereocenters. The van der Waals surface area contributed by atoms with Crippen molar-refractivity contribution in [3.63, 3.8) is 0 Å². The Morgan fingerprint density at radius 3 is 1.07 bits per heavy atom. The SMILES string of the molecule is Cc1ccc(N2CCN(C(=O)OC(C)(C)C)CCN(C(=O)OC(C)(C)C)CCN(C(=O)OC(C)(C)C)CC2)cc1. The van der Waals surface area contributed by atoms with Gasteiger partial charge >= 0.3 is 18.3 Å². The molecule has 10 nitrogen and oxygen atoms in total. The molecular formula is C30H50N4O6. The summed E-state index contributed by atoms with van der Waals surface area (Å²) in [7, 11) is 0. The van der Waals surface area contributed by atoms with Gasteiger partial charge in [-0.1, -0.05) is 17.7 Å². The summed E-state index contributed by atoms with van der Waals surface area (Å²) in [5, 5.41) is 0. The van der Waals surface area contributed by atoms with Gasteiger partial charge in [-0.3, -0.25) is 0 Å². The monoisotopic (exact) mass is 562 g/mol. The van der Waals surface area contributed by atoms with Crippen LogP contribution in [0.4, 0.5) is 20.1 Å². The van der Waals surface area contributed by atoms with Crippen molar-refractivity contribution in [3.05, 3.63) is 29.8 Å². The molecule has 3 amide bonds. The summed E-state index contributed by atoms with van der Waals surface area (Å²) >= 11 is 0. The summed E-state index contributed by atoms with van der Waals surface area (Å²) < 4.78 is 17.0. The van der Waals surface area contributed by atoms with Gasteiger partial charge in [0, 0.05) is 58.0 Å². The van der Waals surface area contributed by atoms with E-state index in [4.69, 9.17) is 14.2 Å². The molecule has 1 aromatic carbocycles. The van der Waals surface area contributed by atoms with Crippen LogP contribution in [0.15, 0.2) is 24.3 Å². The molecular weight excluding hydrogens is 512 g/mol. The molecule has 40 heavy (non-hydrogen) atoms. The minimum absolute atomic E-state index is 0.223. The number of carbonyl (C=O) groups is 3. The van der Waals surface area contributed by atoms with Crippen molar-refractivity contribution in [2.24, 2.45) is 0 Å². The van der Waals surface area contributed by atoms with Crippen LogP contribution < -0.4 is 4.90 Å². The van der Waals surface area contributed by atoms with Crippen LogP contribution >= 0.6 is 0 Å². The first-order chi connectivity index (χ1) is 18.3. The molecule has 0 aliphatic carbocycles. The van der Waals surface area contributed by atoms with Crippen LogP contribution in [0, 0.1) is 6.92 Å². The molecule has 1 aliphatic rings. The third-order valence-corrected chi connectivity index (χ3v) is 5.91. The number of rotatable bonds is 1. The highest BCUT2D eigenvalue weighted by Gasteiger charge is 2.29. The summed E-state index contributed by atoms with van der Waals surface area (Å²) in [4.78, 5) is 46.5. The Kier molecular flexibility index (Phi) is 11.1. The van der Waals surface area contributed by atoms with Gasteiger partial charge in [0.1, 0.15) is 16.8 Å². The van der Waals surface area contributed by atoms with Gasteiger partial charge in [-0.05, 0) is 81.4 Å². The second-order valence-corrected chi connectivity index (χ2v) is 13.2. The van der Waals surface area contributed by atoms with Crippen LogP contribution in [0.25, 0.3) is 0 Å². The van der Waals surface area contributed by atoms with Gasteiger partial charge in [0.15, 0.2) is 0 Å². The molecule has 0 aromatic heterocycles. The second kappa shape index (κ2) is 13.5. The van der Waals surface area contributed by atoms with Crippen molar-refractivity contribution in [2.45, 2.75) is 86.0 Å². The fraction of sp³-hybridized carbons (Fsp3) is 0.700. The first-order valence-corrected chi connectivity index (χ1v) is 14.1. The largest absolute Gasteiger partial charge is 0.444 e. The Morgan fingerprint density at radius 1 is 0.525 bits per heavy atom. The van der Waals surface area contributed by atoms with E-state index in [0.29, 0.717) is 26.2 Å². The maximum Gasteiger partial charge on any atom is 0.410 e. The van der Waals surface area contributed by atoms with Gasteiger partial charge in [-0.15, -0.1) is 0 Å². The molecule has 1 aliphatic heterocycles. The molecule has 0 saturated carbocycles. The molecule has 1 saturated heterocycles. The number of hydrogen-bond acceptors (Lipinski definition) is 7. The van der Waals surface area contributed by atoms with Gasteiger partial charge in [0.2, 0.25) is 0 Å². The highest BCUT2D eigenvalue weighted by molar-refractivity contribution is 5.70. The summed E-state index contributed by atoms with van der Waals surface area (Å²) in [6.45, 7) is 21.2. The predicted octanol–water partition coefficient (Wildman–Crippen LogP) is 5.53. The van der Waals surface area contributed by atoms with Gasteiger partial charge in [0.25, 0.3) is 0 Å². The lowest BCUT2D eigenvalue weighted by molar-refractivity contribution is 0.00807. The standard InChI is InChI=1S/C30H50N4O6/c1-23-11-13-24(14-12-23)31-15-17-32(25(35)38-28(2,3)4)19-21-34(27(37)40-30(8,9)10)22-20-33(18-16-31)26(36)39-29(5,6)7/h11-14H,15-22H2,1-10H3. The van der Waals surface area contributed by atoms with E-state index < -0.39 is 35.1 Å². The van der Waals surface area contributed by atoms with Gasteiger partial charge in [-0.25, -0.2) is 14.4 Å². The van der Waals surface area contributed by atoms with E-state index in [1.807, 2.05) is 72.7 Å². The number of ether oxygens (including phenoxy) is 3. The highest BCUT2D eigenvalue weighted by atomic mass is 16.6. The third kappa shape index (κ3) is 11.9. The highest BCUT2D eigenvalue weighted by Crippen LogP contribution is 2.18. The summed E-state index contributed by atoms with van der Waals surface area (Å²) in [6.07, 6.45) is -1.38.